The summed E-state index contributed by atoms with van der Waals surface area (Å²) in [5.41, 5.74) is 4.75. The lowest BCUT2D eigenvalue weighted by molar-refractivity contribution is 0.0744. The molecular formula is C22H23N3O2. The standard InChI is InChI=1S/C22H23N3O2/c1-5-11-25(22(26)19-10-9-16(3)12-17(19)4)14-20-23-21(24-27-20)18-8-6-7-15(2)13-18/h5-10,12-13H,1,11,14H2,2-4H3. The van der Waals surface area contributed by atoms with Crippen molar-refractivity contribution in [2.45, 2.75) is 27.3 Å². The number of rotatable bonds is 6. The first-order chi connectivity index (χ1) is 13.0. The van der Waals surface area contributed by atoms with E-state index in [1.807, 2.05) is 63.2 Å². The van der Waals surface area contributed by atoms with Gasteiger partial charge in [0.25, 0.3) is 5.91 Å². The van der Waals surface area contributed by atoms with Gasteiger partial charge in [0.2, 0.25) is 11.7 Å². The first-order valence-electron chi connectivity index (χ1n) is 8.85. The van der Waals surface area contributed by atoms with E-state index in [0.717, 1.165) is 22.3 Å². The summed E-state index contributed by atoms with van der Waals surface area (Å²) in [6.45, 7) is 10.3. The predicted molar refractivity (Wildman–Crippen MR) is 105 cm³/mol. The molecule has 2 aromatic carbocycles. The molecule has 5 heteroatoms. The molecule has 0 atom stereocenters. The van der Waals surface area contributed by atoms with E-state index in [2.05, 4.69) is 16.7 Å². The van der Waals surface area contributed by atoms with Gasteiger partial charge in [0.1, 0.15) is 6.54 Å². The highest BCUT2D eigenvalue weighted by molar-refractivity contribution is 5.95. The van der Waals surface area contributed by atoms with Crippen LogP contribution < -0.4 is 0 Å². The second kappa shape index (κ2) is 7.99. The zero-order chi connectivity index (χ0) is 19.4. The van der Waals surface area contributed by atoms with Crippen molar-refractivity contribution in [3.8, 4) is 11.4 Å². The lowest BCUT2D eigenvalue weighted by Crippen LogP contribution is -2.31. The third kappa shape index (κ3) is 4.31. The molecule has 0 fully saturated rings. The molecule has 3 aromatic rings. The van der Waals surface area contributed by atoms with Crippen LogP contribution in [0.2, 0.25) is 0 Å². The van der Waals surface area contributed by atoms with E-state index in [1.54, 1.807) is 11.0 Å². The van der Waals surface area contributed by atoms with Gasteiger partial charge in [-0.1, -0.05) is 52.7 Å². The third-order valence-electron chi connectivity index (χ3n) is 4.32. The van der Waals surface area contributed by atoms with Gasteiger partial charge in [0, 0.05) is 17.7 Å². The highest BCUT2D eigenvalue weighted by Gasteiger charge is 2.20. The average Bonchev–Trinajstić information content (AvgIpc) is 3.09. The third-order valence-corrected chi connectivity index (χ3v) is 4.32. The largest absolute Gasteiger partial charge is 0.337 e. The van der Waals surface area contributed by atoms with E-state index in [1.165, 1.54) is 0 Å². The number of benzene rings is 2. The molecule has 3 rings (SSSR count). The van der Waals surface area contributed by atoms with Crippen molar-refractivity contribution in [1.29, 1.82) is 0 Å². The van der Waals surface area contributed by atoms with Crippen LogP contribution in [0, 0.1) is 20.8 Å². The van der Waals surface area contributed by atoms with E-state index >= 15 is 0 Å². The molecule has 0 aliphatic carbocycles. The molecule has 0 aliphatic rings. The zero-order valence-corrected chi connectivity index (χ0v) is 15.9. The number of nitrogens with zero attached hydrogens (tertiary/aromatic N) is 3. The Morgan fingerprint density at radius 2 is 1.93 bits per heavy atom. The Hall–Kier alpha value is -3.21. The fraction of sp³-hybridized carbons (Fsp3) is 0.227. The number of carbonyl (C=O) groups excluding carboxylic acids is 1. The van der Waals surface area contributed by atoms with Crippen molar-refractivity contribution in [3.63, 3.8) is 0 Å². The number of hydrogen-bond donors (Lipinski definition) is 0. The van der Waals surface area contributed by atoms with Crippen molar-refractivity contribution in [2.75, 3.05) is 6.54 Å². The minimum atomic E-state index is -0.0808. The summed E-state index contributed by atoms with van der Waals surface area (Å²) in [7, 11) is 0. The van der Waals surface area contributed by atoms with Gasteiger partial charge < -0.3 is 9.42 Å². The molecule has 0 bridgehead atoms. The molecule has 0 saturated heterocycles. The predicted octanol–water partition coefficient (Wildman–Crippen LogP) is 4.49. The Labute approximate surface area is 159 Å². The molecule has 0 spiro atoms. The quantitative estimate of drug-likeness (QED) is 0.607. The lowest BCUT2D eigenvalue weighted by Gasteiger charge is -2.20. The molecule has 138 valence electrons. The summed E-state index contributed by atoms with van der Waals surface area (Å²) in [5, 5.41) is 4.05. The zero-order valence-electron chi connectivity index (χ0n) is 15.9. The highest BCUT2D eigenvalue weighted by atomic mass is 16.5. The van der Waals surface area contributed by atoms with Gasteiger partial charge in [-0.2, -0.15) is 4.98 Å². The van der Waals surface area contributed by atoms with Crippen LogP contribution in [0.4, 0.5) is 0 Å². The van der Waals surface area contributed by atoms with E-state index < -0.39 is 0 Å². The SMILES string of the molecule is C=CCN(Cc1nc(-c2cccc(C)c2)no1)C(=O)c1ccc(C)cc1C. The molecule has 0 radical (unpaired) electrons. The van der Waals surface area contributed by atoms with Crippen LogP contribution in [0.3, 0.4) is 0 Å². The van der Waals surface area contributed by atoms with Gasteiger partial charge >= 0.3 is 0 Å². The van der Waals surface area contributed by atoms with E-state index in [0.29, 0.717) is 23.8 Å². The minimum Gasteiger partial charge on any atom is -0.337 e. The van der Waals surface area contributed by atoms with Crippen LogP contribution in [-0.4, -0.2) is 27.5 Å². The Balaban J connectivity index is 1.82. The summed E-state index contributed by atoms with van der Waals surface area (Å²) in [5.74, 6) is 0.834. The van der Waals surface area contributed by atoms with Gasteiger partial charge in [-0.25, -0.2) is 0 Å². The molecule has 1 heterocycles. The van der Waals surface area contributed by atoms with Gasteiger partial charge in [0.05, 0.1) is 0 Å². The van der Waals surface area contributed by atoms with E-state index in [4.69, 9.17) is 4.52 Å². The summed E-state index contributed by atoms with van der Waals surface area (Å²) in [6, 6.07) is 13.7. The van der Waals surface area contributed by atoms with Crippen molar-refractivity contribution in [1.82, 2.24) is 15.0 Å². The first kappa shape index (κ1) is 18.6. The van der Waals surface area contributed by atoms with Crippen LogP contribution in [0.25, 0.3) is 11.4 Å². The van der Waals surface area contributed by atoms with Crippen LogP contribution in [0.1, 0.15) is 32.9 Å². The van der Waals surface area contributed by atoms with Crippen molar-refractivity contribution in [3.05, 3.63) is 83.3 Å². The summed E-state index contributed by atoms with van der Waals surface area (Å²) in [4.78, 5) is 19.1. The van der Waals surface area contributed by atoms with Crippen molar-refractivity contribution < 1.29 is 9.32 Å². The molecule has 0 unspecified atom stereocenters. The Bertz CT molecular complexity index is 975. The van der Waals surface area contributed by atoms with Crippen molar-refractivity contribution >= 4 is 5.91 Å². The maximum atomic E-state index is 13.0. The van der Waals surface area contributed by atoms with Crippen LogP contribution in [0.5, 0.6) is 0 Å². The maximum Gasteiger partial charge on any atom is 0.254 e. The fourth-order valence-corrected chi connectivity index (χ4v) is 2.98. The number of carbonyl (C=O) groups is 1. The van der Waals surface area contributed by atoms with E-state index in [9.17, 15) is 4.79 Å². The normalized spacial score (nSPS) is 10.6. The van der Waals surface area contributed by atoms with Gasteiger partial charge in [0.15, 0.2) is 0 Å². The van der Waals surface area contributed by atoms with Gasteiger partial charge in [-0.05, 0) is 38.5 Å². The van der Waals surface area contributed by atoms with Gasteiger partial charge in [-0.15, -0.1) is 6.58 Å². The molecule has 0 saturated carbocycles. The number of hydrogen-bond acceptors (Lipinski definition) is 4. The van der Waals surface area contributed by atoms with Crippen LogP contribution in [0.15, 0.2) is 59.6 Å². The number of amides is 1. The summed E-state index contributed by atoms with van der Waals surface area (Å²) in [6.07, 6.45) is 1.69. The topological polar surface area (TPSA) is 59.2 Å². The maximum absolute atomic E-state index is 13.0. The first-order valence-corrected chi connectivity index (χ1v) is 8.85. The monoisotopic (exact) mass is 361 g/mol. The molecule has 1 aromatic heterocycles. The van der Waals surface area contributed by atoms with Gasteiger partial charge in [-0.3, -0.25) is 4.79 Å². The highest BCUT2D eigenvalue weighted by Crippen LogP contribution is 2.19. The molecular weight excluding hydrogens is 338 g/mol. The Morgan fingerprint density at radius 3 is 2.63 bits per heavy atom. The minimum absolute atomic E-state index is 0.0808. The second-order valence-electron chi connectivity index (χ2n) is 6.67. The molecule has 27 heavy (non-hydrogen) atoms. The molecule has 0 aliphatic heterocycles. The molecule has 0 N–H and O–H groups in total. The Morgan fingerprint density at radius 1 is 1.15 bits per heavy atom. The average molecular weight is 361 g/mol. The fourth-order valence-electron chi connectivity index (χ4n) is 2.98. The van der Waals surface area contributed by atoms with Crippen LogP contribution in [-0.2, 0) is 6.54 Å². The van der Waals surface area contributed by atoms with Crippen molar-refractivity contribution in [2.24, 2.45) is 0 Å². The summed E-state index contributed by atoms with van der Waals surface area (Å²) < 4.78 is 5.38. The lowest BCUT2D eigenvalue weighted by atomic mass is 10.0. The number of aryl methyl sites for hydroxylation is 3. The molecule has 5 nitrogen and oxygen atoms in total. The molecule has 1 amide bonds. The smallest absolute Gasteiger partial charge is 0.254 e. The van der Waals surface area contributed by atoms with E-state index in [-0.39, 0.29) is 12.5 Å². The number of aromatic nitrogens is 2. The summed E-state index contributed by atoms with van der Waals surface area (Å²) >= 11 is 0. The van der Waals surface area contributed by atoms with Crippen LogP contribution >= 0.6 is 0 Å². The second-order valence-corrected chi connectivity index (χ2v) is 6.67. The Kier molecular flexibility index (Phi) is 5.50.